The van der Waals surface area contributed by atoms with Crippen molar-refractivity contribution >= 4 is 22.9 Å². The van der Waals surface area contributed by atoms with Gasteiger partial charge < -0.3 is 4.42 Å². The van der Waals surface area contributed by atoms with Crippen LogP contribution in [0.4, 0.5) is 0 Å². The molecule has 0 atom stereocenters. The summed E-state index contributed by atoms with van der Waals surface area (Å²) in [5.74, 6) is 1.27. The molecule has 0 saturated carbocycles. The number of aromatic nitrogens is 2. The minimum atomic E-state index is 0.594. The summed E-state index contributed by atoms with van der Waals surface area (Å²) < 4.78 is 6.72. The van der Waals surface area contributed by atoms with Crippen LogP contribution >= 0.6 is 22.9 Å². The van der Waals surface area contributed by atoms with E-state index in [1.165, 1.54) is 10.4 Å². The standard InChI is InChI=1S/C19H21ClN4OS/c1-14-3-2-4-15(11-14)19-22-21-18(25-19)13-24-9-7-23(8-10-24)12-16-5-6-17(20)26-16/h2-6,11H,7-10,12-13H2,1H3. The van der Waals surface area contributed by atoms with Crippen LogP contribution in [0.3, 0.4) is 0 Å². The van der Waals surface area contributed by atoms with Crippen LogP contribution in [0.15, 0.2) is 40.8 Å². The molecule has 0 spiro atoms. The molecule has 5 nitrogen and oxygen atoms in total. The predicted molar refractivity (Wildman–Crippen MR) is 104 cm³/mol. The smallest absolute Gasteiger partial charge is 0.247 e. The van der Waals surface area contributed by atoms with Crippen LogP contribution < -0.4 is 0 Å². The van der Waals surface area contributed by atoms with Gasteiger partial charge in [0.25, 0.3) is 0 Å². The van der Waals surface area contributed by atoms with Crippen molar-refractivity contribution in [3.63, 3.8) is 0 Å². The van der Waals surface area contributed by atoms with Gasteiger partial charge in [-0.05, 0) is 31.2 Å². The van der Waals surface area contributed by atoms with Gasteiger partial charge >= 0.3 is 0 Å². The van der Waals surface area contributed by atoms with E-state index in [0.717, 1.165) is 42.6 Å². The fourth-order valence-electron chi connectivity index (χ4n) is 3.17. The molecule has 1 saturated heterocycles. The second-order valence-electron chi connectivity index (χ2n) is 6.63. The van der Waals surface area contributed by atoms with Crippen LogP contribution in [0.5, 0.6) is 0 Å². The summed E-state index contributed by atoms with van der Waals surface area (Å²) in [5.41, 5.74) is 2.16. The topological polar surface area (TPSA) is 45.4 Å². The van der Waals surface area contributed by atoms with Crippen LogP contribution in [0.1, 0.15) is 16.3 Å². The van der Waals surface area contributed by atoms with Gasteiger partial charge in [-0.25, -0.2) is 0 Å². The second kappa shape index (κ2) is 7.88. The lowest BCUT2D eigenvalue weighted by atomic mass is 10.1. The van der Waals surface area contributed by atoms with E-state index in [-0.39, 0.29) is 0 Å². The van der Waals surface area contributed by atoms with Gasteiger partial charge in [0.05, 0.1) is 10.9 Å². The normalized spacial score (nSPS) is 16.2. The Kier molecular flexibility index (Phi) is 5.36. The summed E-state index contributed by atoms with van der Waals surface area (Å²) in [6.45, 7) is 7.82. The number of thiophene rings is 1. The van der Waals surface area contributed by atoms with Crippen molar-refractivity contribution in [1.82, 2.24) is 20.0 Å². The molecule has 1 aliphatic heterocycles. The van der Waals surface area contributed by atoms with E-state index in [1.54, 1.807) is 11.3 Å². The van der Waals surface area contributed by atoms with Gasteiger partial charge in [-0.15, -0.1) is 21.5 Å². The Labute approximate surface area is 162 Å². The SMILES string of the molecule is Cc1cccc(-c2nnc(CN3CCN(Cc4ccc(Cl)s4)CC3)o2)c1. The third-order valence-corrected chi connectivity index (χ3v) is 5.78. The second-order valence-corrected chi connectivity index (χ2v) is 8.43. The number of nitrogens with zero attached hydrogens (tertiary/aromatic N) is 4. The van der Waals surface area contributed by atoms with Crippen molar-refractivity contribution in [3.8, 4) is 11.5 Å². The van der Waals surface area contributed by atoms with Crippen LogP contribution in [0, 0.1) is 6.92 Å². The van der Waals surface area contributed by atoms with Crippen molar-refractivity contribution in [2.24, 2.45) is 0 Å². The molecule has 0 amide bonds. The lowest BCUT2D eigenvalue weighted by molar-refractivity contribution is 0.115. The van der Waals surface area contributed by atoms with Gasteiger partial charge in [0, 0.05) is 43.2 Å². The highest BCUT2D eigenvalue weighted by molar-refractivity contribution is 7.16. The molecule has 0 bridgehead atoms. The average molecular weight is 389 g/mol. The molecule has 1 aliphatic rings. The number of aryl methyl sites for hydroxylation is 1. The van der Waals surface area contributed by atoms with Crippen LogP contribution in [0.2, 0.25) is 4.34 Å². The Morgan fingerprint density at radius 1 is 1.04 bits per heavy atom. The molecular weight excluding hydrogens is 368 g/mol. The van der Waals surface area contributed by atoms with Crippen LogP contribution in [-0.4, -0.2) is 46.2 Å². The fraction of sp³-hybridized carbons (Fsp3) is 0.368. The Hall–Kier alpha value is -1.73. The fourth-order valence-corrected chi connectivity index (χ4v) is 4.30. The first-order valence-corrected chi connectivity index (χ1v) is 9.93. The summed E-state index contributed by atoms with van der Waals surface area (Å²) in [4.78, 5) is 6.15. The molecule has 2 aromatic heterocycles. The van der Waals surface area contributed by atoms with Gasteiger partial charge in [0.2, 0.25) is 11.8 Å². The number of hydrogen-bond acceptors (Lipinski definition) is 6. The Balaban J connectivity index is 1.30. The molecule has 0 radical (unpaired) electrons. The molecular formula is C19H21ClN4OS. The number of benzene rings is 1. The highest BCUT2D eigenvalue weighted by Gasteiger charge is 2.20. The number of halogens is 1. The Morgan fingerprint density at radius 3 is 2.50 bits per heavy atom. The number of piperazine rings is 1. The Morgan fingerprint density at radius 2 is 1.81 bits per heavy atom. The molecule has 4 rings (SSSR count). The highest BCUT2D eigenvalue weighted by Crippen LogP contribution is 2.23. The van der Waals surface area contributed by atoms with E-state index < -0.39 is 0 Å². The lowest BCUT2D eigenvalue weighted by Crippen LogP contribution is -2.45. The number of hydrogen-bond donors (Lipinski definition) is 0. The monoisotopic (exact) mass is 388 g/mol. The average Bonchev–Trinajstić information content (AvgIpc) is 3.26. The molecule has 1 fully saturated rings. The predicted octanol–water partition coefficient (Wildman–Crippen LogP) is 4.08. The van der Waals surface area contributed by atoms with Crippen molar-refractivity contribution in [3.05, 3.63) is 57.1 Å². The van der Waals surface area contributed by atoms with Gasteiger partial charge in [-0.3, -0.25) is 9.80 Å². The molecule has 26 heavy (non-hydrogen) atoms. The van der Waals surface area contributed by atoms with Crippen molar-refractivity contribution < 1.29 is 4.42 Å². The lowest BCUT2D eigenvalue weighted by Gasteiger charge is -2.33. The molecule has 1 aromatic carbocycles. The molecule has 7 heteroatoms. The van der Waals surface area contributed by atoms with Crippen LogP contribution in [0.25, 0.3) is 11.5 Å². The third kappa shape index (κ3) is 4.32. The van der Waals surface area contributed by atoms with Crippen molar-refractivity contribution in [2.45, 2.75) is 20.0 Å². The van der Waals surface area contributed by atoms with E-state index in [1.807, 2.05) is 18.2 Å². The minimum absolute atomic E-state index is 0.594. The largest absolute Gasteiger partial charge is 0.419 e. The molecule has 3 heterocycles. The van der Waals surface area contributed by atoms with Crippen LogP contribution in [-0.2, 0) is 13.1 Å². The summed E-state index contributed by atoms with van der Waals surface area (Å²) >= 11 is 7.68. The first kappa shape index (κ1) is 17.7. The minimum Gasteiger partial charge on any atom is -0.419 e. The van der Waals surface area contributed by atoms with Gasteiger partial charge in [0.15, 0.2) is 0 Å². The first-order valence-electron chi connectivity index (χ1n) is 8.74. The molecule has 0 unspecified atom stereocenters. The quantitative estimate of drug-likeness (QED) is 0.659. The van der Waals surface area contributed by atoms with E-state index in [2.05, 4.69) is 45.1 Å². The van der Waals surface area contributed by atoms with E-state index in [9.17, 15) is 0 Å². The van der Waals surface area contributed by atoms with Gasteiger partial charge in [-0.1, -0.05) is 29.3 Å². The zero-order valence-corrected chi connectivity index (χ0v) is 16.3. The zero-order chi connectivity index (χ0) is 17.9. The zero-order valence-electron chi connectivity index (χ0n) is 14.7. The molecule has 0 N–H and O–H groups in total. The molecule has 136 valence electrons. The van der Waals surface area contributed by atoms with Crippen molar-refractivity contribution in [2.75, 3.05) is 26.2 Å². The summed E-state index contributed by atoms with van der Waals surface area (Å²) in [7, 11) is 0. The maximum atomic E-state index is 6.01. The maximum Gasteiger partial charge on any atom is 0.247 e. The highest BCUT2D eigenvalue weighted by atomic mass is 35.5. The summed E-state index contributed by atoms with van der Waals surface area (Å²) in [5, 5.41) is 8.42. The maximum absolute atomic E-state index is 6.01. The molecule has 0 aliphatic carbocycles. The molecule has 3 aromatic rings. The van der Waals surface area contributed by atoms with E-state index in [4.69, 9.17) is 16.0 Å². The van der Waals surface area contributed by atoms with E-state index in [0.29, 0.717) is 18.3 Å². The Bertz CT molecular complexity index is 870. The summed E-state index contributed by atoms with van der Waals surface area (Å²) in [6.07, 6.45) is 0. The van der Waals surface area contributed by atoms with Crippen molar-refractivity contribution in [1.29, 1.82) is 0 Å². The van der Waals surface area contributed by atoms with Gasteiger partial charge in [0.1, 0.15) is 0 Å². The van der Waals surface area contributed by atoms with Gasteiger partial charge in [-0.2, -0.15) is 0 Å². The van der Waals surface area contributed by atoms with E-state index >= 15 is 0 Å². The number of rotatable bonds is 5. The first-order chi connectivity index (χ1) is 12.7. The summed E-state index contributed by atoms with van der Waals surface area (Å²) in [6, 6.07) is 12.2. The third-order valence-electron chi connectivity index (χ3n) is 4.56.